The third kappa shape index (κ3) is 5.49. The Hall–Kier alpha value is -4.13. The maximum atomic E-state index is 14.5. The summed E-state index contributed by atoms with van der Waals surface area (Å²) in [5.74, 6) is -7.37. The molecule has 1 aromatic rings. The number of ketones is 1. The van der Waals surface area contributed by atoms with Crippen LogP contribution in [0.15, 0.2) is 36.7 Å². The van der Waals surface area contributed by atoms with Crippen molar-refractivity contribution in [1.82, 2.24) is 4.98 Å². The molecule has 13 heteroatoms. The molecule has 5 rings (SSSR count). The summed E-state index contributed by atoms with van der Waals surface area (Å²) in [5, 5.41) is 0. The lowest BCUT2D eigenvalue weighted by atomic mass is 9.54. The molecule has 0 N–H and O–H groups in total. The van der Waals surface area contributed by atoms with E-state index in [0.717, 1.165) is 0 Å². The number of carbonyl (C=O) groups excluding carboxylic acids is 6. The molecule has 4 aliphatic rings. The largest absolute Gasteiger partial charge is 0.461 e. The van der Waals surface area contributed by atoms with Crippen LogP contribution in [0.1, 0.15) is 78.6 Å². The number of hydrogen-bond acceptors (Lipinski definition) is 13. The minimum absolute atomic E-state index is 0.0109. The van der Waals surface area contributed by atoms with Crippen LogP contribution in [-0.4, -0.2) is 82.3 Å². The zero-order valence-corrected chi connectivity index (χ0v) is 28.5. The summed E-state index contributed by atoms with van der Waals surface area (Å²) in [6, 6.07) is 3.07. The summed E-state index contributed by atoms with van der Waals surface area (Å²) in [7, 11) is 0. The molecule has 3 aliphatic carbocycles. The van der Waals surface area contributed by atoms with E-state index in [0.29, 0.717) is 0 Å². The molecule has 260 valence electrons. The molecule has 0 spiro atoms. The van der Waals surface area contributed by atoms with E-state index < -0.39 is 99.8 Å². The van der Waals surface area contributed by atoms with E-state index in [1.165, 1.54) is 45.3 Å². The molecule has 2 heterocycles. The van der Waals surface area contributed by atoms with Gasteiger partial charge in [0, 0.05) is 51.4 Å². The monoisotopic (exact) mass is 669 g/mol. The highest BCUT2D eigenvalue weighted by molar-refractivity contribution is 5.98. The number of esters is 5. The second-order valence-electron chi connectivity index (χ2n) is 14.1. The third-order valence-electron chi connectivity index (χ3n) is 10.5. The number of carbonyl (C=O) groups is 6. The van der Waals surface area contributed by atoms with Gasteiger partial charge in [-0.25, -0.2) is 4.79 Å². The van der Waals surface area contributed by atoms with Gasteiger partial charge in [-0.3, -0.25) is 29.0 Å². The number of nitrogens with zero attached hydrogens (tertiary/aromatic N) is 1. The zero-order valence-electron chi connectivity index (χ0n) is 28.5. The quantitative estimate of drug-likeness (QED) is 0.292. The molecule has 2 saturated carbocycles. The van der Waals surface area contributed by atoms with Gasteiger partial charge in [0.15, 0.2) is 17.5 Å². The summed E-state index contributed by atoms with van der Waals surface area (Å²) in [5.41, 5.74) is -6.31. The van der Waals surface area contributed by atoms with E-state index in [1.807, 2.05) is 0 Å². The van der Waals surface area contributed by atoms with Gasteiger partial charge in [0.05, 0.1) is 18.1 Å². The average Bonchev–Trinajstić information content (AvgIpc) is 3.44. The lowest BCUT2D eigenvalue weighted by Gasteiger charge is -2.50. The van der Waals surface area contributed by atoms with Gasteiger partial charge in [-0.2, -0.15) is 0 Å². The molecule has 0 unspecified atom stereocenters. The molecule has 13 nitrogen and oxygen atoms in total. The van der Waals surface area contributed by atoms with Gasteiger partial charge in [-0.1, -0.05) is 19.9 Å². The van der Waals surface area contributed by atoms with E-state index >= 15 is 0 Å². The van der Waals surface area contributed by atoms with Gasteiger partial charge < -0.3 is 28.4 Å². The van der Waals surface area contributed by atoms with Gasteiger partial charge in [0.2, 0.25) is 0 Å². The van der Waals surface area contributed by atoms with Crippen LogP contribution in [0.3, 0.4) is 0 Å². The first kappa shape index (κ1) is 35.2. The van der Waals surface area contributed by atoms with E-state index in [9.17, 15) is 28.8 Å². The standard InChI is InChI=1S/C35H43NO12/c1-9-25(41)45-27-18(2)15-35(48-21(5)39)26(27)29(44-19(3)37)34-17-43-33(8,31(35)46-30(42)22-11-10-14-36-16-22)28(34)23(12-13-24(34)40)32(6,7)47-20(4)38/h10-14,16,18,23,26-29,31H,9,15,17H2,1-8H3/t18-,23-,26+,27-,28-,29+,31-,33+,34+,35+/m0/s1. The highest BCUT2D eigenvalue weighted by Gasteiger charge is 2.82. The number of rotatable bonds is 8. The van der Waals surface area contributed by atoms with Crippen LogP contribution < -0.4 is 0 Å². The molecule has 3 fully saturated rings. The second-order valence-corrected chi connectivity index (χ2v) is 14.1. The summed E-state index contributed by atoms with van der Waals surface area (Å²) < 4.78 is 37.4. The van der Waals surface area contributed by atoms with E-state index in [2.05, 4.69) is 4.98 Å². The fourth-order valence-corrected chi connectivity index (χ4v) is 9.03. The lowest BCUT2D eigenvalue weighted by Crippen LogP contribution is -2.64. The van der Waals surface area contributed by atoms with Crippen LogP contribution in [0, 0.1) is 29.1 Å². The van der Waals surface area contributed by atoms with Gasteiger partial charge in [0.25, 0.3) is 0 Å². The lowest BCUT2D eigenvalue weighted by molar-refractivity contribution is -0.235. The van der Waals surface area contributed by atoms with Crippen molar-refractivity contribution in [3.8, 4) is 0 Å². The maximum Gasteiger partial charge on any atom is 0.340 e. The van der Waals surface area contributed by atoms with Crippen molar-refractivity contribution in [2.24, 2.45) is 29.1 Å². The SMILES string of the molecule is CCC(=O)O[C@@H]1[C@@H]2[C@@H](OC(C)=O)[C@@]34CO[C@@](C)([C@H](OC(=O)c5cccnc5)[C@@]2(OC(C)=O)C[C@@H]1C)[C@@H]3[C@@H](C(C)(C)OC(C)=O)C=CC4=O. The van der Waals surface area contributed by atoms with Gasteiger partial charge in [0.1, 0.15) is 28.8 Å². The van der Waals surface area contributed by atoms with Gasteiger partial charge in [-0.15, -0.1) is 0 Å². The highest BCUT2D eigenvalue weighted by Crippen LogP contribution is 2.68. The van der Waals surface area contributed by atoms with E-state index in [-0.39, 0.29) is 25.0 Å². The van der Waals surface area contributed by atoms with Crippen molar-refractivity contribution in [1.29, 1.82) is 0 Å². The van der Waals surface area contributed by atoms with Crippen LogP contribution in [0.25, 0.3) is 0 Å². The number of pyridine rings is 1. The maximum absolute atomic E-state index is 14.5. The van der Waals surface area contributed by atoms with Crippen LogP contribution in [0.5, 0.6) is 0 Å². The molecule has 2 bridgehead atoms. The van der Waals surface area contributed by atoms with Crippen LogP contribution >= 0.6 is 0 Å². The van der Waals surface area contributed by atoms with E-state index in [1.54, 1.807) is 46.8 Å². The number of allylic oxidation sites excluding steroid dienone is 1. The fourth-order valence-electron chi connectivity index (χ4n) is 9.03. The molecular weight excluding hydrogens is 626 g/mol. The molecule has 0 radical (unpaired) electrons. The molecule has 0 aromatic carbocycles. The predicted molar refractivity (Wildman–Crippen MR) is 165 cm³/mol. The smallest absolute Gasteiger partial charge is 0.340 e. The van der Waals surface area contributed by atoms with Gasteiger partial charge >= 0.3 is 29.8 Å². The number of aromatic nitrogens is 1. The highest BCUT2D eigenvalue weighted by atomic mass is 16.6. The predicted octanol–water partition coefficient (Wildman–Crippen LogP) is 3.32. The summed E-state index contributed by atoms with van der Waals surface area (Å²) in [6.07, 6.45) is 1.90. The molecule has 48 heavy (non-hydrogen) atoms. The Morgan fingerprint density at radius 2 is 1.75 bits per heavy atom. The Morgan fingerprint density at radius 3 is 2.33 bits per heavy atom. The van der Waals surface area contributed by atoms with Crippen molar-refractivity contribution in [2.75, 3.05) is 6.61 Å². The fraction of sp³-hybridized carbons (Fsp3) is 0.629. The summed E-state index contributed by atoms with van der Waals surface area (Å²) in [6.45, 7) is 11.8. The zero-order chi connectivity index (χ0) is 35.4. The normalized spacial score (nSPS) is 36.6. The summed E-state index contributed by atoms with van der Waals surface area (Å²) >= 11 is 0. The van der Waals surface area contributed by atoms with Crippen LogP contribution in [0.2, 0.25) is 0 Å². The first-order valence-corrected chi connectivity index (χ1v) is 16.2. The Kier molecular flexibility index (Phi) is 9.09. The van der Waals surface area contributed by atoms with Crippen molar-refractivity contribution in [2.45, 2.75) is 103 Å². The minimum atomic E-state index is -1.84. The van der Waals surface area contributed by atoms with Crippen molar-refractivity contribution in [3.63, 3.8) is 0 Å². The molecule has 1 aromatic heterocycles. The second kappa shape index (κ2) is 12.4. The average molecular weight is 670 g/mol. The molecule has 0 amide bonds. The Labute approximate surface area is 279 Å². The van der Waals surface area contributed by atoms with E-state index in [4.69, 9.17) is 28.4 Å². The molecule has 10 atom stereocenters. The van der Waals surface area contributed by atoms with Crippen molar-refractivity contribution < 1.29 is 57.2 Å². The number of hydrogen-bond donors (Lipinski definition) is 0. The van der Waals surface area contributed by atoms with Crippen molar-refractivity contribution in [3.05, 3.63) is 42.2 Å². The third-order valence-corrected chi connectivity index (χ3v) is 10.5. The summed E-state index contributed by atoms with van der Waals surface area (Å²) in [4.78, 5) is 84.0. The van der Waals surface area contributed by atoms with Crippen LogP contribution in [-0.2, 0) is 52.4 Å². The Bertz CT molecular complexity index is 1540. The van der Waals surface area contributed by atoms with Crippen LogP contribution in [0.4, 0.5) is 0 Å². The Balaban J connectivity index is 1.87. The minimum Gasteiger partial charge on any atom is -0.461 e. The topological polar surface area (TPSA) is 171 Å². The first-order valence-electron chi connectivity index (χ1n) is 16.2. The first-order chi connectivity index (χ1) is 22.4. The van der Waals surface area contributed by atoms with Crippen molar-refractivity contribution >= 4 is 35.6 Å². The molecule has 1 aliphatic heterocycles. The molecule has 1 saturated heterocycles. The number of fused-ring (bicyclic) bond motifs is 1. The van der Waals surface area contributed by atoms with Gasteiger partial charge in [-0.05, 0) is 51.3 Å². The molecular formula is C35H43NO12. The Morgan fingerprint density at radius 1 is 1.04 bits per heavy atom. The number of ether oxygens (including phenoxy) is 6.